The first-order chi connectivity index (χ1) is 9.15. The molecule has 102 valence electrons. The smallest absolute Gasteiger partial charge is 0.181 e. The standard InChI is InChI=1S/C15H21N3O/c1-15(2,18-7-5-16-6-8-18)10-12-3-4-13-14(9-12)19-11-17-13/h3-4,9,11,16H,5-8,10H2,1-2H3. The highest BCUT2D eigenvalue weighted by Crippen LogP contribution is 2.23. The fourth-order valence-electron chi connectivity index (χ4n) is 2.89. The van der Waals surface area contributed by atoms with Crippen molar-refractivity contribution in [3.8, 4) is 0 Å². The maximum Gasteiger partial charge on any atom is 0.181 e. The van der Waals surface area contributed by atoms with E-state index in [4.69, 9.17) is 4.42 Å². The van der Waals surface area contributed by atoms with E-state index in [9.17, 15) is 0 Å². The molecular formula is C15H21N3O. The van der Waals surface area contributed by atoms with E-state index in [2.05, 4.69) is 41.2 Å². The van der Waals surface area contributed by atoms with Gasteiger partial charge in [-0.15, -0.1) is 0 Å². The summed E-state index contributed by atoms with van der Waals surface area (Å²) in [5.74, 6) is 0. The second kappa shape index (κ2) is 4.94. The average molecular weight is 259 g/mol. The molecule has 0 radical (unpaired) electrons. The van der Waals surface area contributed by atoms with Crippen LogP contribution in [0.2, 0.25) is 0 Å². The molecule has 1 aromatic heterocycles. The van der Waals surface area contributed by atoms with Gasteiger partial charge in [0.15, 0.2) is 12.0 Å². The van der Waals surface area contributed by atoms with Crippen LogP contribution in [0, 0.1) is 0 Å². The molecule has 0 amide bonds. The van der Waals surface area contributed by atoms with Crippen molar-refractivity contribution in [3.63, 3.8) is 0 Å². The van der Waals surface area contributed by atoms with Crippen LogP contribution in [0.1, 0.15) is 19.4 Å². The lowest BCUT2D eigenvalue weighted by atomic mass is 9.92. The van der Waals surface area contributed by atoms with E-state index in [1.807, 2.05) is 6.07 Å². The Labute approximate surface area is 113 Å². The summed E-state index contributed by atoms with van der Waals surface area (Å²) in [4.78, 5) is 6.72. The molecule has 0 bridgehead atoms. The van der Waals surface area contributed by atoms with Gasteiger partial charge in [0.25, 0.3) is 0 Å². The maximum absolute atomic E-state index is 5.38. The Morgan fingerprint density at radius 1 is 1.32 bits per heavy atom. The molecule has 0 saturated carbocycles. The topological polar surface area (TPSA) is 41.3 Å². The number of fused-ring (bicyclic) bond motifs is 1. The van der Waals surface area contributed by atoms with Gasteiger partial charge in [-0.2, -0.15) is 0 Å². The fourth-order valence-corrected chi connectivity index (χ4v) is 2.89. The molecule has 2 aromatic rings. The number of nitrogens with one attached hydrogen (secondary N) is 1. The Morgan fingerprint density at radius 3 is 2.89 bits per heavy atom. The Kier molecular flexibility index (Phi) is 3.29. The van der Waals surface area contributed by atoms with E-state index < -0.39 is 0 Å². The third kappa shape index (κ3) is 2.65. The Morgan fingerprint density at radius 2 is 2.11 bits per heavy atom. The summed E-state index contributed by atoms with van der Waals surface area (Å²) in [6.07, 6.45) is 2.54. The van der Waals surface area contributed by atoms with E-state index in [-0.39, 0.29) is 5.54 Å². The van der Waals surface area contributed by atoms with Crippen molar-refractivity contribution in [1.29, 1.82) is 0 Å². The van der Waals surface area contributed by atoms with Gasteiger partial charge in [0.1, 0.15) is 5.52 Å². The number of benzene rings is 1. The minimum Gasteiger partial charge on any atom is -0.443 e. The zero-order valence-electron chi connectivity index (χ0n) is 11.6. The molecule has 4 nitrogen and oxygen atoms in total. The molecule has 1 N–H and O–H groups in total. The number of piperazine rings is 1. The molecule has 0 atom stereocenters. The van der Waals surface area contributed by atoms with E-state index in [1.54, 1.807) is 0 Å². The normalized spacial score (nSPS) is 18.0. The molecular weight excluding hydrogens is 238 g/mol. The minimum atomic E-state index is 0.176. The second-order valence-electron chi connectivity index (χ2n) is 5.88. The zero-order valence-corrected chi connectivity index (χ0v) is 11.6. The first kappa shape index (κ1) is 12.6. The number of oxazole rings is 1. The number of nitrogens with zero attached hydrogens (tertiary/aromatic N) is 2. The number of aromatic nitrogens is 1. The third-order valence-corrected chi connectivity index (χ3v) is 4.01. The molecule has 1 fully saturated rings. The molecule has 2 heterocycles. The van der Waals surface area contributed by atoms with Crippen molar-refractivity contribution in [1.82, 2.24) is 15.2 Å². The fraction of sp³-hybridized carbons (Fsp3) is 0.533. The molecule has 1 aliphatic heterocycles. The van der Waals surface area contributed by atoms with Crippen LogP contribution < -0.4 is 5.32 Å². The average Bonchev–Trinajstić information content (AvgIpc) is 2.87. The van der Waals surface area contributed by atoms with Gasteiger partial charge in [-0.1, -0.05) is 6.07 Å². The lowest BCUT2D eigenvalue weighted by Crippen LogP contribution is -2.54. The van der Waals surface area contributed by atoms with Crippen LogP contribution in [-0.2, 0) is 6.42 Å². The van der Waals surface area contributed by atoms with Gasteiger partial charge in [0.05, 0.1) is 0 Å². The van der Waals surface area contributed by atoms with Crippen LogP contribution in [0.25, 0.3) is 11.1 Å². The molecule has 19 heavy (non-hydrogen) atoms. The van der Waals surface area contributed by atoms with Gasteiger partial charge < -0.3 is 9.73 Å². The first-order valence-electron chi connectivity index (χ1n) is 6.93. The summed E-state index contributed by atoms with van der Waals surface area (Å²) in [6, 6.07) is 6.32. The van der Waals surface area contributed by atoms with Gasteiger partial charge in [-0.3, -0.25) is 4.90 Å². The van der Waals surface area contributed by atoms with Crippen molar-refractivity contribution in [2.24, 2.45) is 0 Å². The quantitative estimate of drug-likeness (QED) is 0.916. The Hall–Kier alpha value is -1.39. The van der Waals surface area contributed by atoms with E-state index in [1.165, 1.54) is 12.0 Å². The van der Waals surface area contributed by atoms with Crippen LogP contribution in [0.5, 0.6) is 0 Å². The summed E-state index contributed by atoms with van der Waals surface area (Å²) in [6.45, 7) is 9.07. The molecule has 4 heteroatoms. The van der Waals surface area contributed by atoms with Gasteiger partial charge in [-0.25, -0.2) is 4.98 Å². The van der Waals surface area contributed by atoms with Crippen LogP contribution in [0.4, 0.5) is 0 Å². The highest BCUT2D eigenvalue weighted by molar-refractivity contribution is 5.72. The summed E-state index contributed by atoms with van der Waals surface area (Å²) in [5, 5.41) is 3.41. The lowest BCUT2D eigenvalue weighted by Gasteiger charge is -2.41. The van der Waals surface area contributed by atoms with Crippen molar-refractivity contribution in [3.05, 3.63) is 30.2 Å². The minimum absolute atomic E-state index is 0.176. The van der Waals surface area contributed by atoms with E-state index in [0.29, 0.717) is 0 Å². The molecule has 1 saturated heterocycles. The molecule has 0 spiro atoms. The van der Waals surface area contributed by atoms with Crippen LogP contribution in [-0.4, -0.2) is 41.6 Å². The van der Waals surface area contributed by atoms with Crippen LogP contribution >= 0.6 is 0 Å². The second-order valence-corrected chi connectivity index (χ2v) is 5.88. The summed E-state index contributed by atoms with van der Waals surface area (Å²) in [5.41, 5.74) is 3.31. The number of rotatable bonds is 3. The Bertz CT molecular complexity index is 555. The van der Waals surface area contributed by atoms with Crippen molar-refractivity contribution < 1.29 is 4.42 Å². The lowest BCUT2D eigenvalue weighted by molar-refractivity contribution is 0.104. The summed E-state index contributed by atoms with van der Waals surface area (Å²) in [7, 11) is 0. The third-order valence-electron chi connectivity index (χ3n) is 4.01. The maximum atomic E-state index is 5.38. The summed E-state index contributed by atoms with van der Waals surface area (Å²) < 4.78 is 5.38. The zero-order chi connectivity index (χ0) is 13.3. The predicted octanol–water partition coefficient (Wildman–Crippen LogP) is 2.05. The molecule has 0 unspecified atom stereocenters. The van der Waals surface area contributed by atoms with Crippen LogP contribution in [0.3, 0.4) is 0 Å². The SMILES string of the molecule is CC(C)(Cc1ccc2ncoc2c1)N1CCNCC1. The molecule has 0 aliphatic carbocycles. The van der Waals surface area contributed by atoms with E-state index in [0.717, 1.165) is 43.7 Å². The van der Waals surface area contributed by atoms with Crippen molar-refractivity contribution in [2.75, 3.05) is 26.2 Å². The van der Waals surface area contributed by atoms with Gasteiger partial charge >= 0.3 is 0 Å². The van der Waals surface area contributed by atoms with Gasteiger partial charge in [0, 0.05) is 31.7 Å². The summed E-state index contributed by atoms with van der Waals surface area (Å²) >= 11 is 0. The first-order valence-corrected chi connectivity index (χ1v) is 6.93. The highest BCUT2D eigenvalue weighted by Gasteiger charge is 2.28. The molecule has 1 aliphatic rings. The van der Waals surface area contributed by atoms with Crippen molar-refractivity contribution in [2.45, 2.75) is 25.8 Å². The Balaban J connectivity index is 1.78. The van der Waals surface area contributed by atoms with Crippen molar-refractivity contribution >= 4 is 11.1 Å². The predicted molar refractivity (Wildman–Crippen MR) is 76.2 cm³/mol. The monoisotopic (exact) mass is 259 g/mol. The number of hydrogen-bond acceptors (Lipinski definition) is 4. The largest absolute Gasteiger partial charge is 0.443 e. The van der Waals surface area contributed by atoms with E-state index >= 15 is 0 Å². The van der Waals surface area contributed by atoms with Gasteiger partial charge in [-0.05, 0) is 38.0 Å². The molecule has 3 rings (SSSR count). The van der Waals surface area contributed by atoms with Gasteiger partial charge in [0.2, 0.25) is 0 Å². The number of hydrogen-bond donors (Lipinski definition) is 1. The molecule has 1 aromatic carbocycles. The van der Waals surface area contributed by atoms with Crippen LogP contribution in [0.15, 0.2) is 29.0 Å². The highest BCUT2D eigenvalue weighted by atomic mass is 16.3.